The first-order valence-corrected chi connectivity index (χ1v) is 6.83. The number of aliphatic hydroxyl groups is 1. The summed E-state index contributed by atoms with van der Waals surface area (Å²) in [6.07, 6.45) is 3.04. The average Bonchev–Trinajstić information content (AvgIpc) is 2.26. The van der Waals surface area contributed by atoms with Gasteiger partial charge >= 0.3 is 12.0 Å². The van der Waals surface area contributed by atoms with Crippen molar-refractivity contribution in [3.63, 3.8) is 0 Å². The fourth-order valence-corrected chi connectivity index (χ4v) is 2.84. The quantitative estimate of drug-likeness (QED) is 0.598. The van der Waals surface area contributed by atoms with Crippen molar-refractivity contribution in [2.24, 2.45) is 11.8 Å². The summed E-state index contributed by atoms with van der Waals surface area (Å²) >= 11 is 0. The Morgan fingerprint density at radius 2 is 1.79 bits per heavy atom. The standard InChI is InChI=1S/C13H24N2O4/c1-8-5-9(2)7-10(6-8)14-13(19)15-11(3-4-16)12(17)18/h8-11,16H,3-7H2,1-2H3,(H,17,18)(H2,14,15,19)/t8?,9?,10?,11-/m1/s1. The number of hydrogen-bond acceptors (Lipinski definition) is 3. The molecule has 1 rings (SSSR count). The van der Waals surface area contributed by atoms with Gasteiger partial charge in [-0.15, -0.1) is 0 Å². The fourth-order valence-electron chi connectivity index (χ4n) is 2.84. The molecule has 19 heavy (non-hydrogen) atoms. The van der Waals surface area contributed by atoms with E-state index in [4.69, 9.17) is 10.2 Å². The number of carbonyl (C=O) groups is 2. The van der Waals surface area contributed by atoms with Crippen LogP contribution >= 0.6 is 0 Å². The lowest BCUT2D eigenvalue weighted by atomic mass is 9.80. The molecule has 0 radical (unpaired) electrons. The predicted molar refractivity (Wildman–Crippen MR) is 70.8 cm³/mol. The molecule has 2 unspecified atom stereocenters. The number of nitrogens with one attached hydrogen (secondary N) is 2. The first-order valence-electron chi connectivity index (χ1n) is 6.83. The third-order valence-corrected chi connectivity index (χ3v) is 3.53. The molecule has 110 valence electrons. The van der Waals surface area contributed by atoms with Crippen molar-refractivity contribution in [2.45, 2.75) is 51.6 Å². The second-order valence-corrected chi connectivity index (χ2v) is 5.64. The highest BCUT2D eigenvalue weighted by molar-refractivity contribution is 5.82. The van der Waals surface area contributed by atoms with Crippen LogP contribution in [0.25, 0.3) is 0 Å². The summed E-state index contributed by atoms with van der Waals surface area (Å²) in [5, 5.41) is 22.9. The van der Waals surface area contributed by atoms with E-state index in [0.717, 1.165) is 12.8 Å². The largest absolute Gasteiger partial charge is 0.480 e. The zero-order valence-corrected chi connectivity index (χ0v) is 11.6. The molecule has 6 heteroatoms. The van der Waals surface area contributed by atoms with E-state index >= 15 is 0 Å². The van der Waals surface area contributed by atoms with E-state index in [0.29, 0.717) is 11.8 Å². The summed E-state index contributed by atoms with van der Waals surface area (Å²) in [7, 11) is 0. The van der Waals surface area contributed by atoms with Gasteiger partial charge in [0.1, 0.15) is 6.04 Å². The van der Waals surface area contributed by atoms with Gasteiger partial charge in [-0.25, -0.2) is 9.59 Å². The van der Waals surface area contributed by atoms with Crippen LogP contribution in [-0.4, -0.2) is 40.9 Å². The molecular formula is C13H24N2O4. The van der Waals surface area contributed by atoms with Crippen molar-refractivity contribution in [1.29, 1.82) is 0 Å². The molecular weight excluding hydrogens is 248 g/mol. The molecule has 3 atom stereocenters. The molecule has 0 bridgehead atoms. The van der Waals surface area contributed by atoms with Crippen LogP contribution in [0.3, 0.4) is 0 Å². The summed E-state index contributed by atoms with van der Waals surface area (Å²) in [5.74, 6) is 0.0121. The maximum absolute atomic E-state index is 11.7. The van der Waals surface area contributed by atoms with Crippen molar-refractivity contribution in [3.8, 4) is 0 Å². The minimum atomic E-state index is -1.13. The average molecular weight is 272 g/mol. The van der Waals surface area contributed by atoms with E-state index in [2.05, 4.69) is 24.5 Å². The Balaban J connectivity index is 2.43. The number of carboxylic acid groups (broad SMARTS) is 1. The van der Waals surface area contributed by atoms with Crippen LogP contribution in [0.4, 0.5) is 4.79 Å². The van der Waals surface area contributed by atoms with Gasteiger partial charge in [-0.1, -0.05) is 13.8 Å². The summed E-state index contributed by atoms with van der Waals surface area (Å²) in [6.45, 7) is 4.05. The molecule has 0 saturated heterocycles. The fraction of sp³-hybridized carbons (Fsp3) is 0.846. The predicted octanol–water partition coefficient (Wildman–Crippen LogP) is 0.946. The van der Waals surface area contributed by atoms with Crippen molar-refractivity contribution in [1.82, 2.24) is 10.6 Å². The minimum absolute atomic E-state index is 0.0141. The number of hydrogen-bond donors (Lipinski definition) is 4. The van der Waals surface area contributed by atoms with Crippen LogP contribution in [0.15, 0.2) is 0 Å². The molecule has 2 amide bonds. The third kappa shape index (κ3) is 5.46. The van der Waals surface area contributed by atoms with Crippen molar-refractivity contribution in [2.75, 3.05) is 6.61 Å². The van der Waals surface area contributed by atoms with Gasteiger partial charge in [-0.05, 0) is 31.1 Å². The molecule has 0 aromatic heterocycles. The van der Waals surface area contributed by atoms with Crippen LogP contribution in [-0.2, 0) is 4.79 Å². The Bertz CT molecular complexity index is 312. The number of carbonyl (C=O) groups excluding carboxylic acids is 1. The molecule has 1 aliphatic rings. The number of aliphatic carboxylic acids is 1. The first kappa shape index (κ1) is 15.8. The number of carboxylic acids is 1. The first-order chi connectivity index (χ1) is 8.92. The SMILES string of the molecule is CC1CC(C)CC(NC(=O)N[C@H](CCO)C(=O)O)C1. The topological polar surface area (TPSA) is 98.7 Å². The van der Waals surface area contributed by atoms with Gasteiger partial charge in [0.25, 0.3) is 0 Å². The van der Waals surface area contributed by atoms with E-state index in [9.17, 15) is 9.59 Å². The van der Waals surface area contributed by atoms with Crippen LogP contribution in [0.1, 0.15) is 39.5 Å². The lowest BCUT2D eigenvalue weighted by molar-refractivity contribution is -0.139. The van der Waals surface area contributed by atoms with Crippen molar-refractivity contribution in [3.05, 3.63) is 0 Å². The Morgan fingerprint density at radius 1 is 1.21 bits per heavy atom. The Hall–Kier alpha value is -1.30. The lowest BCUT2D eigenvalue weighted by Gasteiger charge is -2.32. The zero-order chi connectivity index (χ0) is 14.4. The van der Waals surface area contributed by atoms with Gasteiger partial charge in [0.05, 0.1) is 0 Å². The Kier molecular flexibility index (Phi) is 6.08. The van der Waals surface area contributed by atoms with Gasteiger partial charge in [0.15, 0.2) is 0 Å². The summed E-state index contributed by atoms with van der Waals surface area (Å²) in [5.41, 5.74) is 0. The van der Waals surface area contributed by atoms with E-state index in [1.165, 1.54) is 6.42 Å². The van der Waals surface area contributed by atoms with E-state index in [1.54, 1.807) is 0 Å². The summed E-state index contributed by atoms with van der Waals surface area (Å²) < 4.78 is 0. The van der Waals surface area contributed by atoms with Crippen molar-refractivity contribution >= 4 is 12.0 Å². The molecule has 0 aromatic carbocycles. The van der Waals surface area contributed by atoms with Crippen LogP contribution in [0.2, 0.25) is 0 Å². The molecule has 0 aliphatic heterocycles. The second kappa shape index (κ2) is 7.33. The third-order valence-electron chi connectivity index (χ3n) is 3.53. The van der Waals surface area contributed by atoms with Crippen LogP contribution in [0, 0.1) is 11.8 Å². The molecule has 1 fully saturated rings. The second-order valence-electron chi connectivity index (χ2n) is 5.64. The minimum Gasteiger partial charge on any atom is -0.480 e. The molecule has 1 saturated carbocycles. The van der Waals surface area contributed by atoms with Gasteiger partial charge in [-0.3, -0.25) is 0 Å². The molecule has 1 aliphatic carbocycles. The molecule has 6 nitrogen and oxygen atoms in total. The highest BCUT2D eigenvalue weighted by Crippen LogP contribution is 2.28. The number of aliphatic hydroxyl groups excluding tert-OH is 1. The van der Waals surface area contributed by atoms with Gasteiger partial charge in [0, 0.05) is 19.1 Å². The van der Waals surface area contributed by atoms with E-state index in [1.807, 2.05) is 0 Å². The van der Waals surface area contributed by atoms with Gasteiger partial charge in [0.2, 0.25) is 0 Å². The zero-order valence-electron chi connectivity index (χ0n) is 11.6. The highest BCUT2D eigenvalue weighted by atomic mass is 16.4. The Morgan fingerprint density at radius 3 is 2.26 bits per heavy atom. The van der Waals surface area contributed by atoms with Gasteiger partial charge < -0.3 is 20.8 Å². The number of amides is 2. The molecule has 0 aromatic rings. The van der Waals surface area contributed by atoms with E-state index < -0.39 is 18.0 Å². The molecule has 0 spiro atoms. The lowest BCUT2D eigenvalue weighted by Crippen LogP contribution is -2.50. The smallest absolute Gasteiger partial charge is 0.326 e. The van der Waals surface area contributed by atoms with Gasteiger partial charge in [-0.2, -0.15) is 0 Å². The highest BCUT2D eigenvalue weighted by Gasteiger charge is 2.26. The van der Waals surface area contributed by atoms with Crippen molar-refractivity contribution < 1.29 is 19.8 Å². The van der Waals surface area contributed by atoms with Crippen LogP contribution < -0.4 is 10.6 Å². The summed E-state index contributed by atoms with van der Waals surface area (Å²) in [6, 6.07) is -1.40. The maximum Gasteiger partial charge on any atom is 0.326 e. The van der Waals surface area contributed by atoms with E-state index in [-0.39, 0.29) is 19.1 Å². The van der Waals surface area contributed by atoms with Crippen LogP contribution in [0.5, 0.6) is 0 Å². The maximum atomic E-state index is 11.7. The monoisotopic (exact) mass is 272 g/mol. The number of rotatable bonds is 5. The normalized spacial score (nSPS) is 28.5. The molecule has 0 heterocycles. The molecule has 4 N–H and O–H groups in total. The Labute approximate surface area is 113 Å². The number of urea groups is 1. The summed E-state index contributed by atoms with van der Waals surface area (Å²) in [4.78, 5) is 22.6.